The molecule has 2 aliphatic rings. The van der Waals surface area contributed by atoms with Crippen LogP contribution in [-0.2, 0) is 19.6 Å². The van der Waals surface area contributed by atoms with Gasteiger partial charge in [-0.15, -0.1) is 0 Å². The average Bonchev–Trinajstić information content (AvgIpc) is 2.70. The average molecular weight is 290 g/mol. The Balaban J connectivity index is 2.10. The first-order valence-electron chi connectivity index (χ1n) is 6.28. The van der Waals surface area contributed by atoms with E-state index in [0.29, 0.717) is 32.2 Å². The highest BCUT2D eigenvalue weighted by Crippen LogP contribution is 2.33. The Morgan fingerprint density at radius 2 is 1.95 bits per heavy atom. The van der Waals surface area contributed by atoms with Gasteiger partial charge >= 0.3 is 5.97 Å². The van der Waals surface area contributed by atoms with Crippen LogP contribution in [0.4, 0.5) is 0 Å². The lowest BCUT2D eigenvalue weighted by Gasteiger charge is -2.39. The maximum Gasteiger partial charge on any atom is 0.329 e. The fraction of sp³-hybridized carbons (Fsp3) is 0.818. The molecule has 0 spiro atoms. The number of nitrogens with one attached hydrogen (secondary N) is 1. The van der Waals surface area contributed by atoms with Crippen LogP contribution in [0.15, 0.2) is 0 Å². The molecule has 0 aromatic rings. The second-order valence-electron chi connectivity index (χ2n) is 5.26. The molecule has 0 bridgehead atoms. The fourth-order valence-electron chi connectivity index (χ4n) is 2.64. The van der Waals surface area contributed by atoms with Crippen LogP contribution in [0, 0.1) is 0 Å². The molecule has 1 amide bonds. The first-order chi connectivity index (χ1) is 8.76. The first kappa shape index (κ1) is 14.3. The molecule has 1 saturated carbocycles. The maximum absolute atomic E-state index is 12.1. The molecular formula is C11H18N2O5S. The summed E-state index contributed by atoms with van der Waals surface area (Å²) >= 11 is 0. The highest BCUT2D eigenvalue weighted by molar-refractivity contribution is 7.88. The molecule has 1 aliphatic heterocycles. The Labute approximate surface area is 112 Å². The van der Waals surface area contributed by atoms with Crippen molar-refractivity contribution in [1.29, 1.82) is 0 Å². The molecule has 2 fully saturated rings. The Hall–Kier alpha value is -1.15. The summed E-state index contributed by atoms with van der Waals surface area (Å²) in [5.74, 6) is -1.54. The number of aliphatic carboxylic acids is 1. The fourth-order valence-corrected chi connectivity index (χ4v) is 3.77. The van der Waals surface area contributed by atoms with E-state index in [1.54, 1.807) is 0 Å². The smallest absolute Gasteiger partial charge is 0.329 e. The molecule has 8 heteroatoms. The van der Waals surface area contributed by atoms with Crippen molar-refractivity contribution in [3.05, 3.63) is 0 Å². The number of carbonyl (C=O) groups excluding carboxylic acids is 1. The SMILES string of the molecule is CS(=O)(=O)N1CCCC1C(=O)NC1(C(=O)O)CCC1. The number of hydrogen-bond donors (Lipinski definition) is 2. The number of carbonyl (C=O) groups is 2. The van der Waals surface area contributed by atoms with Gasteiger partial charge in [0, 0.05) is 6.54 Å². The Bertz CT molecular complexity index is 497. The standard InChI is InChI=1S/C11H18N2O5S/c1-19(17,18)13-7-2-4-8(13)9(14)12-11(10(15)16)5-3-6-11/h8H,2-7H2,1H3,(H,12,14)(H,15,16). The molecule has 0 aromatic carbocycles. The zero-order valence-corrected chi connectivity index (χ0v) is 11.6. The van der Waals surface area contributed by atoms with E-state index in [4.69, 9.17) is 5.11 Å². The minimum absolute atomic E-state index is 0.316. The minimum atomic E-state index is -3.44. The predicted octanol–water partition coefficient (Wildman–Crippen LogP) is -0.466. The van der Waals surface area contributed by atoms with Crippen molar-refractivity contribution < 1.29 is 23.1 Å². The van der Waals surface area contributed by atoms with Crippen molar-refractivity contribution in [2.75, 3.05) is 12.8 Å². The Morgan fingerprint density at radius 1 is 1.32 bits per heavy atom. The second kappa shape index (κ2) is 4.75. The van der Waals surface area contributed by atoms with E-state index in [0.717, 1.165) is 17.0 Å². The first-order valence-corrected chi connectivity index (χ1v) is 8.13. The van der Waals surface area contributed by atoms with E-state index in [-0.39, 0.29) is 0 Å². The number of hydrogen-bond acceptors (Lipinski definition) is 4. The molecule has 1 unspecified atom stereocenters. The van der Waals surface area contributed by atoms with Crippen LogP contribution in [0.25, 0.3) is 0 Å². The molecular weight excluding hydrogens is 272 g/mol. The van der Waals surface area contributed by atoms with Gasteiger partial charge < -0.3 is 10.4 Å². The monoisotopic (exact) mass is 290 g/mol. The number of sulfonamides is 1. The van der Waals surface area contributed by atoms with E-state index in [9.17, 15) is 18.0 Å². The number of amides is 1. The molecule has 1 aliphatic carbocycles. The van der Waals surface area contributed by atoms with Crippen LogP contribution in [-0.4, -0.2) is 54.1 Å². The van der Waals surface area contributed by atoms with Gasteiger partial charge in [0.2, 0.25) is 15.9 Å². The molecule has 108 valence electrons. The van der Waals surface area contributed by atoms with Crippen LogP contribution >= 0.6 is 0 Å². The van der Waals surface area contributed by atoms with Crippen molar-refractivity contribution in [3.8, 4) is 0 Å². The van der Waals surface area contributed by atoms with Gasteiger partial charge in [-0.05, 0) is 32.1 Å². The summed E-state index contributed by atoms with van der Waals surface area (Å²) in [6.07, 6.45) is 3.68. The van der Waals surface area contributed by atoms with Crippen LogP contribution < -0.4 is 5.32 Å². The zero-order chi connectivity index (χ0) is 14.3. The van der Waals surface area contributed by atoms with Crippen LogP contribution in [0.3, 0.4) is 0 Å². The summed E-state index contributed by atoms with van der Waals surface area (Å²) < 4.78 is 24.3. The summed E-state index contributed by atoms with van der Waals surface area (Å²) in [5.41, 5.74) is -1.19. The van der Waals surface area contributed by atoms with Gasteiger partial charge in [-0.25, -0.2) is 13.2 Å². The summed E-state index contributed by atoms with van der Waals surface area (Å²) in [4.78, 5) is 23.3. The Kier molecular flexibility index (Phi) is 3.57. The van der Waals surface area contributed by atoms with Crippen LogP contribution in [0.5, 0.6) is 0 Å². The number of carboxylic acid groups (broad SMARTS) is 1. The van der Waals surface area contributed by atoms with Gasteiger partial charge in [-0.1, -0.05) is 0 Å². The van der Waals surface area contributed by atoms with Crippen molar-refractivity contribution in [3.63, 3.8) is 0 Å². The molecule has 2 N–H and O–H groups in total. The van der Waals surface area contributed by atoms with E-state index in [1.807, 2.05) is 0 Å². The molecule has 19 heavy (non-hydrogen) atoms. The maximum atomic E-state index is 12.1. The summed E-state index contributed by atoms with van der Waals surface area (Å²) in [6.45, 7) is 0.316. The van der Waals surface area contributed by atoms with E-state index in [1.165, 1.54) is 0 Å². The topological polar surface area (TPSA) is 104 Å². The van der Waals surface area contributed by atoms with Gasteiger partial charge in [0.1, 0.15) is 11.6 Å². The highest BCUT2D eigenvalue weighted by atomic mass is 32.2. The molecule has 0 aromatic heterocycles. The van der Waals surface area contributed by atoms with Crippen molar-refractivity contribution >= 4 is 21.9 Å². The summed E-state index contributed by atoms with van der Waals surface area (Å²) in [5, 5.41) is 11.7. The van der Waals surface area contributed by atoms with Crippen LogP contribution in [0.2, 0.25) is 0 Å². The second-order valence-corrected chi connectivity index (χ2v) is 7.20. The van der Waals surface area contributed by atoms with E-state index < -0.39 is 33.5 Å². The van der Waals surface area contributed by atoms with Gasteiger partial charge in [-0.3, -0.25) is 4.79 Å². The molecule has 2 rings (SSSR count). The molecule has 1 atom stereocenters. The minimum Gasteiger partial charge on any atom is -0.480 e. The van der Waals surface area contributed by atoms with Crippen molar-refractivity contribution in [2.45, 2.75) is 43.7 Å². The van der Waals surface area contributed by atoms with Gasteiger partial charge in [-0.2, -0.15) is 4.31 Å². The third kappa shape index (κ3) is 2.59. The lowest BCUT2D eigenvalue weighted by Crippen LogP contribution is -2.62. The van der Waals surface area contributed by atoms with E-state index >= 15 is 0 Å². The third-order valence-electron chi connectivity index (χ3n) is 3.91. The third-order valence-corrected chi connectivity index (χ3v) is 5.20. The van der Waals surface area contributed by atoms with Crippen molar-refractivity contribution in [1.82, 2.24) is 9.62 Å². The van der Waals surface area contributed by atoms with Gasteiger partial charge in [0.15, 0.2) is 0 Å². The normalized spacial score (nSPS) is 26.7. The highest BCUT2D eigenvalue weighted by Gasteiger charge is 2.48. The number of nitrogens with zero attached hydrogens (tertiary/aromatic N) is 1. The quantitative estimate of drug-likeness (QED) is 0.728. The molecule has 1 saturated heterocycles. The lowest BCUT2D eigenvalue weighted by molar-refractivity contribution is -0.152. The lowest BCUT2D eigenvalue weighted by atomic mass is 9.76. The predicted molar refractivity (Wildman–Crippen MR) is 66.9 cm³/mol. The molecule has 7 nitrogen and oxygen atoms in total. The van der Waals surface area contributed by atoms with Crippen molar-refractivity contribution in [2.24, 2.45) is 0 Å². The van der Waals surface area contributed by atoms with E-state index in [2.05, 4.69) is 5.32 Å². The summed E-state index contributed by atoms with van der Waals surface area (Å²) in [7, 11) is -3.44. The Morgan fingerprint density at radius 3 is 2.37 bits per heavy atom. The van der Waals surface area contributed by atoms with Crippen LogP contribution in [0.1, 0.15) is 32.1 Å². The zero-order valence-electron chi connectivity index (χ0n) is 10.8. The van der Waals surface area contributed by atoms with Gasteiger partial charge in [0.05, 0.1) is 6.26 Å². The van der Waals surface area contributed by atoms with Gasteiger partial charge in [0.25, 0.3) is 0 Å². The number of carboxylic acids is 1. The summed E-state index contributed by atoms with van der Waals surface area (Å²) in [6, 6.07) is -0.771. The largest absolute Gasteiger partial charge is 0.480 e. The molecule has 1 heterocycles. The number of rotatable bonds is 4. The molecule has 0 radical (unpaired) electrons.